The molecule has 0 N–H and O–H groups in total. The van der Waals surface area contributed by atoms with Gasteiger partial charge in [0, 0.05) is 29.0 Å². The topological polar surface area (TPSA) is 27.0 Å². The third-order valence-electron chi connectivity index (χ3n) is 3.80. The second-order valence-electron chi connectivity index (χ2n) is 6.08. The fourth-order valence-electron chi connectivity index (χ4n) is 2.60. The molecule has 0 aliphatic carbocycles. The Morgan fingerprint density at radius 2 is 2.05 bits per heavy atom. The van der Waals surface area contributed by atoms with Crippen molar-refractivity contribution in [1.82, 2.24) is 4.90 Å². The van der Waals surface area contributed by atoms with Crippen LogP contribution in [-0.4, -0.2) is 23.5 Å². The molecular weight excluding hydrogens is 307 g/mol. The maximum absolute atomic E-state index is 14.1. The summed E-state index contributed by atoms with van der Waals surface area (Å²) in [6, 6.07) is 7.44. The zero-order valence-corrected chi connectivity index (χ0v) is 13.0. The van der Waals surface area contributed by atoms with E-state index in [9.17, 15) is 9.65 Å². The number of nitrogens with zero attached hydrogens (tertiary/aromatic N) is 2. The number of rotatable bonds is 1. The molecule has 4 heteroatoms. The van der Waals surface area contributed by atoms with Crippen LogP contribution in [0, 0.1) is 23.1 Å². The van der Waals surface area contributed by atoms with Gasteiger partial charge in [-0.05, 0) is 38.5 Å². The van der Waals surface area contributed by atoms with E-state index in [0.29, 0.717) is 12.1 Å². The Hall–Kier alpha value is -0.920. The highest BCUT2D eigenvalue weighted by molar-refractivity contribution is 9.10. The van der Waals surface area contributed by atoms with Crippen molar-refractivity contribution in [2.24, 2.45) is 5.92 Å². The van der Waals surface area contributed by atoms with E-state index in [4.69, 9.17) is 0 Å². The minimum Gasteiger partial charge on any atom is -0.297 e. The number of hydrogen-bond acceptors (Lipinski definition) is 2. The van der Waals surface area contributed by atoms with Crippen LogP contribution in [0.15, 0.2) is 22.7 Å². The Balaban J connectivity index is 2.31. The molecule has 1 fully saturated rings. The predicted octanol–water partition coefficient (Wildman–Crippen LogP) is 3.93. The lowest BCUT2D eigenvalue weighted by Gasteiger charge is -2.31. The molecule has 1 saturated heterocycles. The van der Waals surface area contributed by atoms with Gasteiger partial charge in [0.15, 0.2) is 0 Å². The minimum atomic E-state index is -0.226. The maximum atomic E-state index is 14.1. The summed E-state index contributed by atoms with van der Waals surface area (Å²) >= 11 is 3.27. The summed E-state index contributed by atoms with van der Waals surface area (Å²) in [6.07, 6.45) is 0. The van der Waals surface area contributed by atoms with Gasteiger partial charge in [-0.2, -0.15) is 5.26 Å². The van der Waals surface area contributed by atoms with Crippen molar-refractivity contribution in [1.29, 1.82) is 5.26 Å². The van der Waals surface area contributed by atoms with Gasteiger partial charge < -0.3 is 0 Å². The molecule has 0 saturated carbocycles. The molecule has 1 aliphatic rings. The molecule has 1 aromatic carbocycles. The number of halogens is 2. The fraction of sp³-hybridized carbons (Fsp3) is 0.533. The SMILES string of the molecule is CC(C)(C)N1C[C@@H](C#N)[C@H](c2ccc(Br)cc2F)C1. The molecule has 0 spiro atoms. The first-order valence-corrected chi connectivity index (χ1v) is 7.22. The summed E-state index contributed by atoms with van der Waals surface area (Å²) in [6.45, 7) is 7.83. The summed E-state index contributed by atoms with van der Waals surface area (Å²) in [7, 11) is 0. The van der Waals surface area contributed by atoms with Crippen molar-refractivity contribution < 1.29 is 4.39 Å². The molecule has 2 rings (SSSR count). The molecule has 0 unspecified atom stereocenters. The molecule has 0 amide bonds. The molecule has 0 bridgehead atoms. The van der Waals surface area contributed by atoms with Crippen LogP contribution in [0.4, 0.5) is 4.39 Å². The first kappa shape index (κ1) is 14.5. The minimum absolute atomic E-state index is 0.00961. The Labute approximate surface area is 122 Å². The number of benzene rings is 1. The van der Waals surface area contributed by atoms with E-state index in [0.717, 1.165) is 11.0 Å². The van der Waals surface area contributed by atoms with E-state index in [1.165, 1.54) is 6.07 Å². The average molecular weight is 325 g/mol. The molecule has 1 aromatic rings. The van der Waals surface area contributed by atoms with Crippen LogP contribution >= 0.6 is 15.9 Å². The smallest absolute Gasteiger partial charge is 0.127 e. The summed E-state index contributed by atoms with van der Waals surface area (Å²) in [5, 5.41) is 9.32. The van der Waals surface area contributed by atoms with Crippen molar-refractivity contribution >= 4 is 15.9 Å². The van der Waals surface area contributed by atoms with Gasteiger partial charge in [0.05, 0.1) is 12.0 Å². The summed E-state index contributed by atoms with van der Waals surface area (Å²) in [4.78, 5) is 2.26. The number of likely N-dealkylation sites (tertiary alicyclic amines) is 1. The molecule has 1 heterocycles. The van der Waals surface area contributed by atoms with Crippen LogP contribution < -0.4 is 0 Å². The second kappa shape index (κ2) is 5.22. The van der Waals surface area contributed by atoms with Crippen LogP contribution in [0.3, 0.4) is 0 Å². The van der Waals surface area contributed by atoms with Crippen LogP contribution in [-0.2, 0) is 0 Å². The van der Waals surface area contributed by atoms with Crippen molar-refractivity contribution in [3.05, 3.63) is 34.1 Å². The van der Waals surface area contributed by atoms with Gasteiger partial charge in [0.2, 0.25) is 0 Å². The zero-order valence-electron chi connectivity index (χ0n) is 11.5. The van der Waals surface area contributed by atoms with E-state index in [-0.39, 0.29) is 23.2 Å². The Morgan fingerprint density at radius 3 is 2.58 bits per heavy atom. The van der Waals surface area contributed by atoms with Crippen LogP contribution in [0.2, 0.25) is 0 Å². The maximum Gasteiger partial charge on any atom is 0.127 e. The van der Waals surface area contributed by atoms with Gasteiger partial charge in [0.1, 0.15) is 5.82 Å². The van der Waals surface area contributed by atoms with E-state index in [1.807, 2.05) is 6.07 Å². The summed E-state index contributed by atoms with van der Waals surface area (Å²) in [5.41, 5.74) is 0.664. The monoisotopic (exact) mass is 324 g/mol. The molecule has 19 heavy (non-hydrogen) atoms. The lowest BCUT2D eigenvalue weighted by molar-refractivity contribution is 0.170. The predicted molar refractivity (Wildman–Crippen MR) is 77.3 cm³/mol. The van der Waals surface area contributed by atoms with Crippen molar-refractivity contribution in [3.63, 3.8) is 0 Å². The van der Waals surface area contributed by atoms with Crippen LogP contribution in [0.5, 0.6) is 0 Å². The van der Waals surface area contributed by atoms with Gasteiger partial charge in [-0.25, -0.2) is 4.39 Å². The second-order valence-corrected chi connectivity index (χ2v) is 7.00. The third kappa shape index (κ3) is 2.98. The van der Waals surface area contributed by atoms with Gasteiger partial charge >= 0.3 is 0 Å². The van der Waals surface area contributed by atoms with Gasteiger partial charge in [-0.15, -0.1) is 0 Å². The van der Waals surface area contributed by atoms with Crippen molar-refractivity contribution in [2.45, 2.75) is 32.2 Å². The lowest BCUT2D eigenvalue weighted by atomic mass is 9.90. The fourth-order valence-corrected chi connectivity index (χ4v) is 2.93. The van der Waals surface area contributed by atoms with Gasteiger partial charge in [0.25, 0.3) is 0 Å². The van der Waals surface area contributed by atoms with Crippen LogP contribution in [0.25, 0.3) is 0 Å². The molecule has 2 atom stereocenters. The van der Waals surface area contributed by atoms with E-state index in [1.54, 1.807) is 6.07 Å². The van der Waals surface area contributed by atoms with Gasteiger partial charge in [-0.3, -0.25) is 4.90 Å². The van der Waals surface area contributed by atoms with E-state index < -0.39 is 0 Å². The first-order valence-electron chi connectivity index (χ1n) is 6.42. The number of hydrogen-bond donors (Lipinski definition) is 0. The standard InChI is InChI=1S/C15H18BrFN2/c1-15(2,3)19-8-10(7-18)13(9-19)12-5-4-11(16)6-14(12)17/h4-6,10,13H,8-9H2,1-3H3/t10-,13-/m1/s1. The molecule has 0 aromatic heterocycles. The molecule has 2 nitrogen and oxygen atoms in total. The molecular formula is C15H18BrFN2. The third-order valence-corrected chi connectivity index (χ3v) is 4.29. The Kier molecular flexibility index (Phi) is 3.98. The summed E-state index contributed by atoms with van der Waals surface area (Å²) < 4.78 is 14.8. The highest BCUT2D eigenvalue weighted by Gasteiger charge is 2.39. The number of nitriles is 1. The quantitative estimate of drug-likeness (QED) is 0.782. The normalized spacial score (nSPS) is 24.4. The Bertz CT molecular complexity index is 516. The Morgan fingerprint density at radius 1 is 1.37 bits per heavy atom. The lowest BCUT2D eigenvalue weighted by Crippen LogP contribution is -2.39. The highest BCUT2D eigenvalue weighted by atomic mass is 79.9. The van der Waals surface area contributed by atoms with E-state index >= 15 is 0 Å². The van der Waals surface area contributed by atoms with Crippen LogP contribution in [0.1, 0.15) is 32.3 Å². The summed E-state index contributed by atoms with van der Waals surface area (Å²) in [5.74, 6) is -0.414. The molecule has 0 radical (unpaired) electrons. The van der Waals surface area contributed by atoms with E-state index in [2.05, 4.69) is 47.7 Å². The average Bonchev–Trinajstić information content (AvgIpc) is 2.72. The largest absolute Gasteiger partial charge is 0.297 e. The van der Waals surface area contributed by atoms with Crippen molar-refractivity contribution in [2.75, 3.05) is 13.1 Å². The molecule has 1 aliphatic heterocycles. The molecule has 102 valence electrons. The van der Waals surface area contributed by atoms with Crippen molar-refractivity contribution in [3.8, 4) is 6.07 Å². The zero-order chi connectivity index (χ0) is 14.2. The first-order chi connectivity index (χ1) is 8.82. The highest BCUT2D eigenvalue weighted by Crippen LogP contribution is 2.37. The van der Waals surface area contributed by atoms with Gasteiger partial charge in [-0.1, -0.05) is 22.0 Å².